The van der Waals surface area contributed by atoms with E-state index >= 15 is 0 Å². The molecule has 2 saturated carbocycles. The summed E-state index contributed by atoms with van der Waals surface area (Å²) in [7, 11) is 0. The molecule has 1 N–H and O–H groups in total. The number of aliphatic hydroxyl groups is 1. The second kappa shape index (κ2) is 4.17. The molecule has 1 aromatic heterocycles. The van der Waals surface area contributed by atoms with Gasteiger partial charge >= 0.3 is 0 Å². The van der Waals surface area contributed by atoms with Gasteiger partial charge in [-0.05, 0) is 42.7 Å². The Morgan fingerprint density at radius 1 is 1.16 bits per heavy atom. The number of aliphatic hydroxyl groups excluding tert-OH is 1. The lowest BCUT2D eigenvalue weighted by Gasteiger charge is -2.14. The van der Waals surface area contributed by atoms with E-state index in [1.807, 2.05) is 30.3 Å². The van der Waals surface area contributed by atoms with E-state index in [0.717, 1.165) is 23.2 Å². The maximum absolute atomic E-state index is 10.6. The molecule has 2 fully saturated rings. The number of benzene rings is 1. The molecule has 0 aliphatic heterocycles. The van der Waals surface area contributed by atoms with Crippen LogP contribution in [-0.4, -0.2) is 20.1 Å². The summed E-state index contributed by atoms with van der Waals surface area (Å²) in [4.78, 5) is 0. The monoisotopic (exact) mass is 255 g/mol. The van der Waals surface area contributed by atoms with Crippen molar-refractivity contribution in [2.45, 2.75) is 25.4 Å². The molecular weight excluding hydrogens is 238 g/mol. The van der Waals surface area contributed by atoms with Crippen molar-refractivity contribution in [3.8, 4) is 5.69 Å². The van der Waals surface area contributed by atoms with Crippen LogP contribution in [0.3, 0.4) is 0 Å². The van der Waals surface area contributed by atoms with Crippen LogP contribution < -0.4 is 0 Å². The summed E-state index contributed by atoms with van der Waals surface area (Å²) in [5.41, 5.74) is 1.78. The van der Waals surface area contributed by atoms with E-state index in [1.54, 1.807) is 10.9 Å². The van der Waals surface area contributed by atoms with Crippen molar-refractivity contribution in [2.75, 3.05) is 0 Å². The van der Waals surface area contributed by atoms with Crippen LogP contribution in [0.4, 0.5) is 0 Å². The van der Waals surface area contributed by atoms with E-state index in [0.29, 0.717) is 5.92 Å². The fraction of sp³-hybridized carbons (Fsp3) is 0.467. The molecule has 2 aliphatic carbocycles. The number of nitrogens with zero attached hydrogens (tertiary/aromatic N) is 3. The van der Waals surface area contributed by atoms with E-state index in [4.69, 9.17) is 0 Å². The summed E-state index contributed by atoms with van der Waals surface area (Å²) in [6.45, 7) is 0. The Hall–Kier alpha value is -1.68. The van der Waals surface area contributed by atoms with Gasteiger partial charge in [-0.2, -0.15) is 0 Å². The summed E-state index contributed by atoms with van der Waals surface area (Å²) < 4.78 is 1.76. The zero-order valence-electron chi connectivity index (χ0n) is 10.7. The number of hydrogen-bond donors (Lipinski definition) is 1. The van der Waals surface area contributed by atoms with Crippen molar-refractivity contribution < 1.29 is 5.11 Å². The Morgan fingerprint density at radius 2 is 1.89 bits per heavy atom. The van der Waals surface area contributed by atoms with Gasteiger partial charge in [-0.25, -0.2) is 4.68 Å². The first-order valence-electron chi connectivity index (χ1n) is 7.00. The van der Waals surface area contributed by atoms with Gasteiger partial charge in [0.1, 0.15) is 6.10 Å². The highest BCUT2D eigenvalue weighted by atomic mass is 16.3. The molecule has 2 aromatic rings. The molecule has 0 radical (unpaired) electrons. The zero-order chi connectivity index (χ0) is 12.8. The van der Waals surface area contributed by atoms with Crippen LogP contribution in [0.15, 0.2) is 36.5 Å². The molecule has 2 aliphatic rings. The smallest absolute Gasteiger partial charge is 0.101 e. The van der Waals surface area contributed by atoms with Gasteiger partial charge in [0, 0.05) is 0 Å². The second-order valence-corrected chi connectivity index (χ2v) is 5.69. The summed E-state index contributed by atoms with van der Waals surface area (Å²) in [5, 5.41) is 18.7. The molecule has 3 atom stereocenters. The third-order valence-electron chi connectivity index (χ3n) is 4.72. The Bertz CT molecular complexity index is 570. The number of fused-ring (bicyclic) bond motifs is 1. The number of para-hydroxylation sites is 1. The first-order valence-corrected chi connectivity index (χ1v) is 7.00. The maximum atomic E-state index is 10.6. The average molecular weight is 255 g/mol. The van der Waals surface area contributed by atoms with Crippen molar-refractivity contribution in [2.24, 2.45) is 17.8 Å². The van der Waals surface area contributed by atoms with Gasteiger partial charge in [-0.1, -0.05) is 29.8 Å². The second-order valence-electron chi connectivity index (χ2n) is 5.69. The van der Waals surface area contributed by atoms with Crippen molar-refractivity contribution in [3.63, 3.8) is 0 Å². The van der Waals surface area contributed by atoms with Crippen LogP contribution in [0, 0.1) is 17.8 Å². The van der Waals surface area contributed by atoms with Gasteiger partial charge in [0.15, 0.2) is 0 Å². The van der Waals surface area contributed by atoms with Crippen molar-refractivity contribution in [1.29, 1.82) is 0 Å². The molecule has 0 bridgehead atoms. The predicted octanol–water partition coefficient (Wildman–Crippen LogP) is 2.35. The van der Waals surface area contributed by atoms with E-state index in [-0.39, 0.29) is 0 Å². The fourth-order valence-electron chi connectivity index (χ4n) is 3.76. The third kappa shape index (κ3) is 1.70. The molecule has 3 unspecified atom stereocenters. The minimum atomic E-state index is -0.425. The van der Waals surface area contributed by atoms with E-state index in [9.17, 15) is 5.11 Å². The van der Waals surface area contributed by atoms with Crippen LogP contribution >= 0.6 is 0 Å². The van der Waals surface area contributed by atoms with E-state index in [2.05, 4.69) is 10.3 Å². The van der Waals surface area contributed by atoms with Gasteiger partial charge in [0.05, 0.1) is 17.6 Å². The highest BCUT2D eigenvalue weighted by Gasteiger charge is 2.56. The summed E-state index contributed by atoms with van der Waals surface area (Å²) in [6.07, 6.45) is 5.16. The van der Waals surface area contributed by atoms with Crippen LogP contribution in [0.5, 0.6) is 0 Å². The standard InChI is InChI=1S/C15H17N3O/c19-15(14-11-7-4-8-12(11)14)13-9-16-17-18(13)10-5-2-1-3-6-10/h1-3,5-6,9,11-12,14-15,19H,4,7-8H2. The molecule has 4 nitrogen and oxygen atoms in total. The number of aromatic nitrogens is 3. The molecule has 19 heavy (non-hydrogen) atoms. The molecular formula is C15H17N3O. The molecule has 0 amide bonds. The van der Waals surface area contributed by atoms with E-state index in [1.165, 1.54) is 19.3 Å². The molecule has 4 heteroatoms. The topological polar surface area (TPSA) is 50.9 Å². The Balaban J connectivity index is 1.64. The van der Waals surface area contributed by atoms with Crippen molar-refractivity contribution in [3.05, 3.63) is 42.2 Å². The number of rotatable bonds is 3. The normalized spacial score (nSPS) is 30.1. The lowest BCUT2D eigenvalue weighted by molar-refractivity contribution is 0.130. The van der Waals surface area contributed by atoms with Crippen LogP contribution in [-0.2, 0) is 0 Å². The Morgan fingerprint density at radius 3 is 2.63 bits per heavy atom. The predicted molar refractivity (Wildman–Crippen MR) is 70.6 cm³/mol. The number of hydrogen-bond acceptors (Lipinski definition) is 3. The maximum Gasteiger partial charge on any atom is 0.101 e. The summed E-state index contributed by atoms with van der Waals surface area (Å²) >= 11 is 0. The third-order valence-corrected chi connectivity index (χ3v) is 4.72. The lowest BCUT2D eigenvalue weighted by atomic mass is 10.0. The van der Waals surface area contributed by atoms with Crippen LogP contribution in [0.2, 0.25) is 0 Å². The molecule has 1 aromatic carbocycles. The highest BCUT2D eigenvalue weighted by Crippen LogP contribution is 2.62. The van der Waals surface area contributed by atoms with Crippen molar-refractivity contribution >= 4 is 0 Å². The average Bonchev–Trinajstić information content (AvgIpc) is 2.89. The molecule has 0 spiro atoms. The molecule has 1 heterocycles. The fourth-order valence-corrected chi connectivity index (χ4v) is 3.76. The minimum absolute atomic E-state index is 0.425. The summed E-state index contributed by atoms with van der Waals surface area (Å²) in [5.74, 6) is 1.89. The van der Waals surface area contributed by atoms with Gasteiger partial charge in [-0.15, -0.1) is 5.10 Å². The first kappa shape index (κ1) is 11.2. The van der Waals surface area contributed by atoms with E-state index < -0.39 is 6.10 Å². The van der Waals surface area contributed by atoms with Crippen LogP contribution in [0.25, 0.3) is 5.69 Å². The minimum Gasteiger partial charge on any atom is -0.386 e. The quantitative estimate of drug-likeness (QED) is 0.916. The lowest BCUT2D eigenvalue weighted by Crippen LogP contribution is -2.11. The molecule has 4 rings (SSSR count). The zero-order valence-corrected chi connectivity index (χ0v) is 10.7. The highest BCUT2D eigenvalue weighted by molar-refractivity contribution is 5.32. The largest absolute Gasteiger partial charge is 0.386 e. The SMILES string of the molecule is OC(c1cnnn1-c1ccccc1)C1C2CCCC21. The van der Waals surface area contributed by atoms with Gasteiger partial charge in [0.2, 0.25) is 0 Å². The van der Waals surface area contributed by atoms with Gasteiger partial charge in [-0.3, -0.25) is 0 Å². The molecule has 0 saturated heterocycles. The van der Waals surface area contributed by atoms with Gasteiger partial charge < -0.3 is 5.11 Å². The summed E-state index contributed by atoms with van der Waals surface area (Å²) in [6, 6.07) is 9.89. The Kier molecular flexibility index (Phi) is 2.45. The van der Waals surface area contributed by atoms with Crippen molar-refractivity contribution in [1.82, 2.24) is 15.0 Å². The first-order chi connectivity index (χ1) is 9.36. The molecule has 98 valence electrons. The van der Waals surface area contributed by atoms with Crippen LogP contribution in [0.1, 0.15) is 31.1 Å². The Labute approximate surface area is 112 Å². The van der Waals surface area contributed by atoms with Gasteiger partial charge in [0.25, 0.3) is 0 Å².